The van der Waals surface area contributed by atoms with Crippen LogP contribution in [0.5, 0.6) is 0 Å². The van der Waals surface area contributed by atoms with Gasteiger partial charge in [-0.05, 0) is 48.3 Å². The van der Waals surface area contributed by atoms with Gasteiger partial charge >= 0.3 is 0 Å². The van der Waals surface area contributed by atoms with Crippen LogP contribution >= 0.6 is 11.9 Å². The molecule has 3 aromatic rings. The number of unbranched alkanes of at least 4 members (excludes halogenated alkanes) is 1. The highest BCUT2D eigenvalue weighted by Crippen LogP contribution is 2.30. The van der Waals surface area contributed by atoms with Crippen LogP contribution in [-0.2, 0) is 19.4 Å². The number of anilines is 2. The fourth-order valence-electron chi connectivity index (χ4n) is 3.86. The van der Waals surface area contributed by atoms with E-state index in [9.17, 15) is 0 Å². The van der Waals surface area contributed by atoms with Crippen LogP contribution < -0.4 is 21.9 Å². The minimum Gasteiger partial charge on any atom is -0.395 e. The van der Waals surface area contributed by atoms with Gasteiger partial charge in [0.15, 0.2) is 0 Å². The van der Waals surface area contributed by atoms with Gasteiger partial charge in [0.25, 0.3) is 0 Å². The monoisotopic (exact) mass is 464 g/mol. The van der Waals surface area contributed by atoms with Crippen LogP contribution in [0.15, 0.2) is 47.5 Å². The van der Waals surface area contributed by atoms with Crippen LogP contribution in [0.2, 0.25) is 0 Å². The molecule has 0 spiro atoms. The number of aromatic nitrogens is 1. The van der Waals surface area contributed by atoms with E-state index in [4.69, 9.17) is 22.2 Å². The molecule has 0 radical (unpaired) electrons. The Kier molecular flexibility index (Phi) is 9.54. The minimum atomic E-state index is 0.361. The number of nitrogens with one attached hydrogen (secondary N) is 1. The van der Waals surface area contributed by atoms with Gasteiger partial charge in [0.2, 0.25) is 0 Å². The molecule has 0 aliphatic carbocycles. The Bertz CT molecular complexity index is 1080. The molecule has 176 valence electrons. The molecule has 3 rings (SSSR count). The summed E-state index contributed by atoms with van der Waals surface area (Å²) in [5.41, 5.74) is 25.3. The molecule has 1 heterocycles. The first-order chi connectivity index (χ1) is 16.1. The number of pyridine rings is 1. The Morgan fingerprint density at radius 3 is 2.45 bits per heavy atom. The summed E-state index contributed by atoms with van der Waals surface area (Å²) in [6.07, 6.45) is 6.88. The van der Waals surface area contributed by atoms with Crippen molar-refractivity contribution in [3.05, 3.63) is 64.7 Å². The number of hydrogen-bond acceptors (Lipinski definition) is 7. The lowest BCUT2D eigenvalue weighted by atomic mass is 9.95. The molecule has 2 aromatic carbocycles. The Labute approximate surface area is 201 Å². The fourth-order valence-corrected chi connectivity index (χ4v) is 4.21. The van der Waals surface area contributed by atoms with Crippen molar-refractivity contribution in [2.75, 3.05) is 30.8 Å². The zero-order valence-corrected chi connectivity index (χ0v) is 20.5. The number of hydrogen-bond donors (Lipinski definition) is 4. The third-order valence-electron chi connectivity index (χ3n) is 5.74. The molecule has 0 aliphatic rings. The van der Waals surface area contributed by atoms with E-state index in [-0.39, 0.29) is 0 Å². The predicted octanol–water partition coefficient (Wildman–Crippen LogP) is 4.49. The van der Waals surface area contributed by atoms with E-state index in [2.05, 4.69) is 59.1 Å². The topological polar surface area (TPSA) is 115 Å². The molecule has 7 heteroatoms. The molecule has 1 aromatic heterocycles. The maximum atomic E-state index is 6.51. The Morgan fingerprint density at radius 2 is 1.76 bits per heavy atom. The number of fused-ring (bicyclic) bond motifs is 1. The van der Waals surface area contributed by atoms with Crippen LogP contribution in [0.3, 0.4) is 0 Å². The van der Waals surface area contributed by atoms with Gasteiger partial charge in [-0.1, -0.05) is 61.7 Å². The maximum absolute atomic E-state index is 6.51. The second kappa shape index (κ2) is 12.6. The SMILES string of the molecule is CCCCN=C(Cc1ccc(CN)cc1)c1c(N)c(N)nc2cc(CCCNSC)ccc12. The molecular formula is C26H36N6S. The Morgan fingerprint density at radius 1 is 1.03 bits per heavy atom. The molecule has 0 saturated carbocycles. The van der Waals surface area contributed by atoms with E-state index in [1.165, 1.54) is 11.1 Å². The summed E-state index contributed by atoms with van der Waals surface area (Å²) in [6, 6.07) is 14.8. The third kappa shape index (κ3) is 6.69. The highest BCUT2D eigenvalue weighted by molar-refractivity contribution is 7.96. The van der Waals surface area contributed by atoms with Crippen molar-refractivity contribution in [2.24, 2.45) is 10.7 Å². The fraction of sp³-hybridized carbons (Fsp3) is 0.385. The van der Waals surface area contributed by atoms with Crippen molar-refractivity contribution >= 4 is 40.1 Å². The average molecular weight is 465 g/mol. The van der Waals surface area contributed by atoms with E-state index in [1.807, 2.05) is 6.26 Å². The number of benzene rings is 2. The Hall–Kier alpha value is -2.61. The number of rotatable bonds is 12. The lowest BCUT2D eigenvalue weighted by molar-refractivity contribution is 0.799. The van der Waals surface area contributed by atoms with Crippen LogP contribution in [0.1, 0.15) is 48.4 Å². The van der Waals surface area contributed by atoms with Gasteiger partial charge in [-0.25, -0.2) is 4.98 Å². The molecule has 6 nitrogen and oxygen atoms in total. The Balaban J connectivity index is 2.00. The van der Waals surface area contributed by atoms with Crippen molar-refractivity contribution in [1.82, 2.24) is 9.71 Å². The van der Waals surface area contributed by atoms with Crippen molar-refractivity contribution in [1.29, 1.82) is 0 Å². The second-order valence-corrected chi connectivity index (χ2v) is 8.92. The summed E-state index contributed by atoms with van der Waals surface area (Å²) in [5.74, 6) is 0.361. The largest absolute Gasteiger partial charge is 0.395 e. The maximum Gasteiger partial charge on any atom is 0.148 e. The summed E-state index contributed by atoms with van der Waals surface area (Å²) in [6.45, 7) is 4.44. The van der Waals surface area contributed by atoms with Crippen molar-refractivity contribution in [2.45, 2.75) is 45.6 Å². The summed E-state index contributed by atoms with van der Waals surface area (Å²) < 4.78 is 3.29. The second-order valence-electron chi connectivity index (χ2n) is 8.22. The van der Waals surface area contributed by atoms with Crippen molar-refractivity contribution in [3.63, 3.8) is 0 Å². The first-order valence-electron chi connectivity index (χ1n) is 11.6. The molecule has 0 saturated heterocycles. The van der Waals surface area contributed by atoms with Gasteiger partial charge in [-0.3, -0.25) is 9.71 Å². The molecule has 0 bridgehead atoms. The van der Waals surface area contributed by atoms with Gasteiger partial charge < -0.3 is 17.2 Å². The predicted molar refractivity (Wildman–Crippen MR) is 145 cm³/mol. The molecular weight excluding hydrogens is 428 g/mol. The number of nitrogen functional groups attached to an aromatic ring is 2. The zero-order valence-electron chi connectivity index (χ0n) is 19.7. The van der Waals surface area contributed by atoms with E-state index in [0.717, 1.165) is 66.5 Å². The molecule has 7 N–H and O–H groups in total. The van der Waals surface area contributed by atoms with E-state index >= 15 is 0 Å². The molecule has 33 heavy (non-hydrogen) atoms. The van der Waals surface area contributed by atoms with Crippen LogP contribution in [0.25, 0.3) is 10.9 Å². The standard InChI is InChI=1S/C26H36N6S/c1-3-4-13-30-23(16-19-7-9-20(17-27)10-8-19)24-21-12-11-18(6-5-14-31-33-2)15-22(21)32-26(29)25(24)28/h7-12,15,31H,3-6,13-14,16-17,27-28H2,1-2H3,(H2,29,32). The molecule has 0 atom stereocenters. The summed E-state index contributed by atoms with van der Waals surface area (Å²) in [7, 11) is 0. The van der Waals surface area contributed by atoms with Gasteiger partial charge in [-0.15, -0.1) is 0 Å². The molecule has 0 aliphatic heterocycles. The first-order valence-corrected chi connectivity index (χ1v) is 12.8. The van der Waals surface area contributed by atoms with E-state index < -0.39 is 0 Å². The first kappa shape index (κ1) is 25.0. The highest BCUT2D eigenvalue weighted by atomic mass is 32.2. The molecule has 0 unspecified atom stereocenters. The van der Waals surface area contributed by atoms with Crippen molar-refractivity contribution < 1.29 is 0 Å². The van der Waals surface area contributed by atoms with Gasteiger partial charge in [0.1, 0.15) is 5.82 Å². The lowest BCUT2D eigenvalue weighted by Crippen LogP contribution is -2.13. The average Bonchev–Trinajstić information content (AvgIpc) is 2.83. The summed E-state index contributed by atoms with van der Waals surface area (Å²) in [5, 5.41) is 1.00. The normalized spacial score (nSPS) is 11.9. The van der Waals surface area contributed by atoms with E-state index in [0.29, 0.717) is 24.5 Å². The van der Waals surface area contributed by atoms with E-state index in [1.54, 1.807) is 11.9 Å². The number of aliphatic imine (C=N–C) groups is 1. The number of nitrogens with two attached hydrogens (primary N) is 3. The molecule has 0 amide bonds. The lowest BCUT2D eigenvalue weighted by Gasteiger charge is -2.16. The van der Waals surface area contributed by atoms with Crippen LogP contribution in [0, 0.1) is 0 Å². The van der Waals surface area contributed by atoms with Gasteiger partial charge in [0, 0.05) is 42.7 Å². The number of aryl methyl sites for hydroxylation is 1. The van der Waals surface area contributed by atoms with Gasteiger partial charge in [-0.2, -0.15) is 0 Å². The minimum absolute atomic E-state index is 0.361. The molecule has 0 fully saturated rings. The highest BCUT2D eigenvalue weighted by Gasteiger charge is 2.17. The quantitative estimate of drug-likeness (QED) is 0.178. The summed E-state index contributed by atoms with van der Waals surface area (Å²) in [4.78, 5) is 9.60. The smallest absolute Gasteiger partial charge is 0.148 e. The van der Waals surface area contributed by atoms with Crippen LogP contribution in [0.4, 0.5) is 11.5 Å². The third-order valence-corrected chi connectivity index (χ3v) is 6.23. The van der Waals surface area contributed by atoms with Gasteiger partial charge in [0.05, 0.1) is 11.2 Å². The number of nitrogens with zero attached hydrogens (tertiary/aromatic N) is 2. The van der Waals surface area contributed by atoms with Crippen LogP contribution in [-0.4, -0.2) is 30.0 Å². The van der Waals surface area contributed by atoms with Crippen molar-refractivity contribution in [3.8, 4) is 0 Å². The zero-order chi connectivity index (χ0) is 23.6. The summed E-state index contributed by atoms with van der Waals surface area (Å²) >= 11 is 1.65.